The van der Waals surface area contributed by atoms with Crippen LogP contribution in [0.1, 0.15) is 17.3 Å². The minimum Gasteiger partial charge on any atom is -0.492 e. The Hall–Kier alpha value is -2.67. The van der Waals surface area contributed by atoms with Crippen molar-refractivity contribution in [2.45, 2.75) is 6.92 Å². The van der Waals surface area contributed by atoms with Crippen molar-refractivity contribution in [3.05, 3.63) is 53.8 Å². The summed E-state index contributed by atoms with van der Waals surface area (Å²) in [6, 6.07) is 12.1. The summed E-state index contributed by atoms with van der Waals surface area (Å²) < 4.78 is 20.6. The number of para-hydroxylation sites is 1. The molecule has 2 heterocycles. The molecule has 1 aliphatic rings. The largest absolute Gasteiger partial charge is 0.492 e. The predicted octanol–water partition coefficient (Wildman–Crippen LogP) is 3.80. The number of hydrogen-bond donors (Lipinski definition) is 0. The van der Waals surface area contributed by atoms with Crippen LogP contribution in [0.15, 0.2) is 42.5 Å². The molecule has 7 heteroatoms. The van der Waals surface area contributed by atoms with Gasteiger partial charge in [0.05, 0.1) is 16.9 Å². The number of benzene rings is 2. The Labute approximate surface area is 161 Å². The minimum absolute atomic E-state index is 0.132. The summed E-state index contributed by atoms with van der Waals surface area (Å²) in [5.41, 5.74) is 1.01. The van der Waals surface area contributed by atoms with E-state index in [1.54, 1.807) is 28.4 Å². The van der Waals surface area contributed by atoms with Crippen LogP contribution < -0.4 is 9.64 Å². The van der Waals surface area contributed by atoms with Gasteiger partial charge in [-0.05, 0) is 31.2 Å². The number of ether oxygens (including phenoxy) is 1. The molecule has 5 nitrogen and oxygen atoms in total. The molecule has 0 aliphatic carbocycles. The Balaban J connectivity index is 1.48. The summed E-state index contributed by atoms with van der Waals surface area (Å²) in [4.78, 5) is 21.2. The molecule has 2 aromatic carbocycles. The van der Waals surface area contributed by atoms with Gasteiger partial charge in [-0.15, -0.1) is 0 Å². The fourth-order valence-corrected chi connectivity index (χ4v) is 4.26. The lowest BCUT2D eigenvalue weighted by atomic mass is 10.1. The highest BCUT2D eigenvalue weighted by molar-refractivity contribution is 7.22. The SMILES string of the molecule is CCOc1cccc2sc(N3CCN(C(=O)c4ccccc4F)CC3)nc12. The van der Waals surface area contributed by atoms with Gasteiger partial charge in [-0.25, -0.2) is 9.37 Å². The summed E-state index contributed by atoms with van der Waals surface area (Å²) in [5, 5.41) is 0.926. The normalized spacial score (nSPS) is 14.6. The van der Waals surface area contributed by atoms with E-state index < -0.39 is 5.82 Å². The molecular weight excluding hydrogens is 365 g/mol. The van der Waals surface area contributed by atoms with Gasteiger partial charge in [-0.3, -0.25) is 4.79 Å². The first-order valence-electron chi connectivity index (χ1n) is 8.98. The van der Waals surface area contributed by atoms with Crippen molar-refractivity contribution in [1.29, 1.82) is 0 Å². The van der Waals surface area contributed by atoms with Crippen LogP contribution >= 0.6 is 11.3 Å². The summed E-state index contributed by atoms with van der Waals surface area (Å²) in [6.45, 7) is 4.98. The third-order valence-corrected chi connectivity index (χ3v) is 5.69. The van der Waals surface area contributed by atoms with E-state index in [1.807, 2.05) is 25.1 Å². The van der Waals surface area contributed by atoms with Gasteiger partial charge in [-0.1, -0.05) is 29.5 Å². The third kappa shape index (κ3) is 3.47. The molecule has 1 aliphatic heterocycles. The number of hydrogen-bond acceptors (Lipinski definition) is 5. The molecule has 140 valence electrons. The van der Waals surface area contributed by atoms with Crippen LogP contribution in [-0.2, 0) is 0 Å². The maximum absolute atomic E-state index is 13.9. The summed E-state index contributed by atoms with van der Waals surface area (Å²) in [5.74, 6) is 0.0705. The van der Waals surface area contributed by atoms with Crippen molar-refractivity contribution >= 4 is 32.6 Å². The number of thiazole rings is 1. The lowest BCUT2D eigenvalue weighted by molar-refractivity contribution is 0.0742. The molecule has 0 bridgehead atoms. The Morgan fingerprint density at radius 2 is 1.93 bits per heavy atom. The van der Waals surface area contributed by atoms with Crippen molar-refractivity contribution in [3.63, 3.8) is 0 Å². The average Bonchev–Trinajstić information content (AvgIpc) is 3.14. The summed E-state index contributed by atoms with van der Waals surface area (Å²) in [6.07, 6.45) is 0. The monoisotopic (exact) mass is 385 g/mol. The molecule has 3 aromatic rings. The lowest BCUT2D eigenvalue weighted by Gasteiger charge is -2.34. The Morgan fingerprint density at radius 1 is 1.15 bits per heavy atom. The van der Waals surface area contributed by atoms with E-state index in [2.05, 4.69) is 4.90 Å². The number of piperazine rings is 1. The van der Waals surface area contributed by atoms with Gasteiger partial charge in [0, 0.05) is 26.2 Å². The minimum atomic E-state index is -0.473. The topological polar surface area (TPSA) is 45.7 Å². The highest BCUT2D eigenvalue weighted by atomic mass is 32.1. The number of carbonyl (C=O) groups is 1. The van der Waals surface area contributed by atoms with E-state index in [1.165, 1.54) is 12.1 Å². The van der Waals surface area contributed by atoms with Gasteiger partial charge in [0.2, 0.25) is 0 Å². The van der Waals surface area contributed by atoms with Crippen molar-refractivity contribution in [2.24, 2.45) is 0 Å². The van der Waals surface area contributed by atoms with Crippen LogP contribution in [0.25, 0.3) is 10.2 Å². The number of halogens is 1. The van der Waals surface area contributed by atoms with E-state index in [-0.39, 0.29) is 11.5 Å². The zero-order valence-corrected chi connectivity index (χ0v) is 15.8. The van der Waals surface area contributed by atoms with E-state index in [4.69, 9.17) is 9.72 Å². The highest BCUT2D eigenvalue weighted by Gasteiger charge is 2.25. The quantitative estimate of drug-likeness (QED) is 0.685. The Morgan fingerprint density at radius 3 is 2.67 bits per heavy atom. The molecule has 1 amide bonds. The van der Waals surface area contributed by atoms with Crippen LogP contribution in [0, 0.1) is 5.82 Å². The number of fused-ring (bicyclic) bond motifs is 1. The van der Waals surface area contributed by atoms with Crippen molar-refractivity contribution in [3.8, 4) is 5.75 Å². The molecule has 0 saturated carbocycles. The van der Waals surface area contributed by atoms with Crippen LogP contribution in [0.3, 0.4) is 0 Å². The van der Waals surface area contributed by atoms with Gasteiger partial charge in [0.25, 0.3) is 5.91 Å². The zero-order valence-electron chi connectivity index (χ0n) is 15.0. The molecule has 27 heavy (non-hydrogen) atoms. The van der Waals surface area contributed by atoms with Crippen molar-refractivity contribution in [2.75, 3.05) is 37.7 Å². The van der Waals surface area contributed by atoms with Crippen LogP contribution in [-0.4, -0.2) is 48.6 Å². The molecule has 1 fully saturated rings. The van der Waals surface area contributed by atoms with Gasteiger partial charge in [0.15, 0.2) is 5.13 Å². The first kappa shape index (κ1) is 17.7. The zero-order chi connectivity index (χ0) is 18.8. The maximum Gasteiger partial charge on any atom is 0.256 e. The second kappa shape index (κ2) is 7.52. The lowest BCUT2D eigenvalue weighted by Crippen LogP contribution is -2.49. The molecular formula is C20H20FN3O2S. The number of aromatic nitrogens is 1. The fourth-order valence-electron chi connectivity index (χ4n) is 3.22. The number of rotatable bonds is 4. The third-order valence-electron chi connectivity index (χ3n) is 4.61. The van der Waals surface area contributed by atoms with Gasteiger partial charge in [-0.2, -0.15) is 0 Å². The average molecular weight is 385 g/mol. The standard InChI is InChI=1S/C20H20FN3O2S/c1-2-26-16-8-5-9-17-18(16)22-20(27-17)24-12-10-23(11-13-24)19(25)14-6-3-4-7-15(14)21/h3-9H,2,10-13H2,1H3. The second-order valence-electron chi connectivity index (χ2n) is 6.29. The molecule has 0 radical (unpaired) electrons. The first-order valence-corrected chi connectivity index (χ1v) is 9.80. The van der Waals surface area contributed by atoms with E-state index in [0.717, 1.165) is 21.1 Å². The Kier molecular flexibility index (Phi) is 4.94. The molecule has 1 saturated heterocycles. The van der Waals surface area contributed by atoms with Crippen LogP contribution in [0.4, 0.5) is 9.52 Å². The maximum atomic E-state index is 13.9. The summed E-state index contributed by atoms with van der Waals surface area (Å²) in [7, 11) is 0. The van der Waals surface area contributed by atoms with Crippen LogP contribution in [0.5, 0.6) is 5.75 Å². The van der Waals surface area contributed by atoms with Gasteiger partial charge < -0.3 is 14.5 Å². The molecule has 0 spiro atoms. The molecule has 4 rings (SSSR count). The predicted molar refractivity (Wildman–Crippen MR) is 105 cm³/mol. The molecule has 1 aromatic heterocycles. The molecule has 0 unspecified atom stereocenters. The van der Waals surface area contributed by atoms with Crippen LogP contribution in [0.2, 0.25) is 0 Å². The Bertz CT molecular complexity index is 967. The first-order chi connectivity index (χ1) is 13.2. The van der Waals surface area contributed by atoms with Gasteiger partial charge in [0.1, 0.15) is 17.1 Å². The second-order valence-corrected chi connectivity index (χ2v) is 7.30. The fraction of sp³-hybridized carbons (Fsp3) is 0.300. The number of amides is 1. The van der Waals surface area contributed by atoms with Crippen molar-refractivity contribution < 1.29 is 13.9 Å². The molecule has 0 N–H and O–H groups in total. The number of carbonyl (C=O) groups excluding carboxylic acids is 1. The van der Waals surface area contributed by atoms with E-state index in [0.29, 0.717) is 32.8 Å². The highest BCUT2D eigenvalue weighted by Crippen LogP contribution is 2.34. The smallest absolute Gasteiger partial charge is 0.256 e. The van der Waals surface area contributed by atoms with Crippen molar-refractivity contribution in [1.82, 2.24) is 9.88 Å². The molecule has 0 atom stereocenters. The number of anilines is 1. The van der Waals surface area contributed by atoms with E-state index in [9.17, 15) is 9.18 Å². The number of nitrogens with zero attached hydrogens (tertiary/aromatic N) is 3. The van der Waals surface area contributed by atoms with Gasteiger partial charge >= 0.3 is 0 Å². The van der Waals surface area contributed by atoms with E-state index >= 15 is 0 Å². The summed E-state index contributed by atoms with van der Waals surface area (Å²) >= 11 is 1.62.